The Bertz CT molecular complexity index is 866. The maximum absolute atomic E-state index is 13.8. The molecule has 6 heteroatoms. The monoisotopic (exact) mass is 355 g/mol. The van der Waals surface area contributed by atoms with Crippen molar-refractivity contribution in [3.05, 3.63) is 77.2 Å². The van der Waals surface area contributed by atoms with Gasteiger partial charge in [0.05, 0.1) is 13.7 Å². The molecule has 0 aliphatic heterocycles. The molecule has 3 aromatic rings. The lowest BCUT2D eigenvalue weighted by atomic mass is 10.1. The Kier molecular flexibility index (Phi) is 5.63. The molecule has 0 unspecified atom stereocenters. The minimum atomic E-state index is -0.263. The van der Waals surface area contributed by atoms with Gasteiger partial charge in [0.15, 0.2) is 5.82 Å². The zero-order valence-corrected chi connectivity index (χ0v) is 15.1. The summed E-state index contributed by atoms with van der Waals surface area (Å²) in [5, 5.41) is 3.97. The average Bonchev–Trinajstić information content (AvgIpc) is 3.09. The number of hydrogen-bond acceptors (Lipinski definition) is 5. The van der Waals surface area contributed by atoms with Gasteiger partial charge in [-0.1, -0.05) is 41.6 Å². The van der Waals surface area contributed by atoms with Gasteiger partial charge in [0.1, 0.15) is 11.6 Å². The summed E-state index contributed by atoms with van der Waals surface area (Å²) in [7, 11) is 3.65. The van der Waals surface area contributed by atoms with Gasteiger partial charge in [0.2, 0.25) is 5.89 Å². The van der Waals surface area contributed by atoms with Gasteiger partial charge in [-0.15, -0.1) is 0 Å². The van der Waals surface area contributed by atoms with Crippen LogP contribution in [-0.2, 0) is 13.0 Å². The topological polar surface area (TPSA) is 51.4 Å². The number of ether oxygens (including phenoxy) is 1. The fourth-order valence-electron chi connectivity index (χ4n) is 2.84. The molecule has 5 nitrogen and oxygen atoms in total. The van der Waals surface area contributed by atoms with Crippen LogP contribution < -0.4 is 4.74 Å². The van der Waals surface area contributed by atoms with Gasteiger partial charge in [-0.25, -0.2) is 4.39 Å². The third-order valence-electron chi connectivity index (χ3n) is 4.45. The summed E-state index contributed by atoms with van der Waals surface area (Å²) in [6.07, 6.45) is 0.307. The second-order valence-corrected chi connectivity index (χ2v) is 6.21. The van der Waals surface area contributed by atoms with Crippen molar-refractivity contribution >= 4 is 0 Å². The quantitative estimate of drug-likeness (QED) is 0.641. The van der Waals surface area contributed by atoms with E-state index in [1.54, 1.807) is 25.3 Å². The second kappa shape index (κ2) is 8.10. The third-order valence-corrected chi connectivity index (χ3v) is 4.45. The first kappa shape index (κ1) is 18.1. The zero-order chi connectivity index (χ0) is 18.5. The predicted molar refractivity (Wildman–Crippen MR) is 96.4 cm³/mol. The average molecular weight is 355 g/mol. The fourth-order valence-corrected chi connectivity index (χ4v) is 2.84. The van der Waals surface area contributed by atoms with Crippen LogP contribution in [0.2, 0.25) is 0 Å². The zero-order valence-electron chi connectivity index (χ0n) is 15.1. The van der Waals surface area contributed by atoms with E-state index in [4.69, 9.17) is 9.26 Å². The molecule has 1 heterocycles. The lowest BCUT2D eigenvalue weighted by molar-refractivity contribution is 0.212. The Morgan fingerprint density at radius 1 is 1.15 bits per heavy atom. The van der Waals surface area contributed by atoms with Crippen LogP contribution in [0.5, 0.6) is 5.75 Å². The highest BCUT2D eigenvalue weighted by Crippen LogP contribution is 2.28. The summed E-state index contributed by atoms with van der Waals surface area (Å²) in [6.45, 7) is 2.58. The summed E-state index contributed by atoms with van der Waals surface area (Å²) < 4.78 is 24.5. The van der Waals surface area contributed by atoms with E-state index in [1.807, 2.05) is 31.3 Å². The van der Waals surface area contributed by atoms with E-state index in [9.17, 15) is 4.39 Å². The van der Waals surface area contributed by atoms with E-state index in [-0.39, 0.29) is 11.9 Å². The van der Waals surface area contributed by atoms with Gasteiger partial charge in [0, 0.05) is 18.0 Å². The van der Waals surface area contributed by atoms with Crippen molar-refractivity contribution in [3.63, 3.8) is 0 Å². The molecule has 0 fully saturated rings. The van der Waals surface area contributed by atoms with Gasteiger partial charge in [0.25, 0.3) is 0 Å². The van der Waals surface area contributed by atoms with Crippen LogP contribution >= 0.6 is 0 Å². The smallest absolute Gasteiger partial charge is 0.240 e. The van der Waals surface area contributed by atoms with Crippen LogP contribution in [0.25, 0.3) is 0 Å². The first-order valence-electron chi connectivity index (χ1n) is 8.46. The second-order valence-electron chi connectivity index (χ2n) is 6.21. The maximum Gasteiger partial charge on any atom is 0.240 e. The highest BCUT2D eigenvalue weighted by molar-refractivity contribution is 5.35. The number of rotatable bonds is 7. The molecule has 0 radical (unpaired) electrons. The van der Waals surface area contributed by atoms with Crippen molar-refractivity contribution in [3.8, 4) is 5.75 Å². The number of halogens is 1. The largest absolute Gasteiger partial charge is 0.496 e. The number of benzene rings is 2. The van der Waals surface area contributed by atoms with Crippen molar-refractivity contribution in [1.29, 1.82) is 0 Å². The minimum absolute atomic E-state index is 0.105. The van der Waals surface area contributed by atoms with Crippen LogP contribution in [-0.4, -0.2) is 29.2 Å². The number of methoxy groups -OCH3 is 1. The molecule has 0 amide bonds. The fraction of sp³-hybridized carbons (Fsp3) is 0.300. The van der Waals surface area contributed by atoms with Gasteiger partial charge in [-0.05, 0) is 31.7 Å². The molecule has 136 valence electrons. The summed E-state index contributed by atoms with van der Waals surface area (Å²) >= 11 is 0. The summed E-state index contributed by atoms with van der Waals surface area (Å²) in [5.41, 5.74) is 1.64. The Labute approximate surface area is 152 Å². The SMILES string of the molecule is COc1ccccc1[C@H](C)N(C)Cc1nc(Cc2ccccc2F)no1. The van der Waals surface area contributed by atoms with Crippen molar-refractivity contribution < 1.29 is 13.7 Å². The molecule has 2 aromatic carbocycles. The number of nitrogens with zero attached hydrogens (tertiary/aromatic N) is 3. The summed E-state index contributed by atoms with van der Waals surface area (Å²) in [5.74, 6) is 1.56. The van der Waals surface area contributed by atoms with Crippen molar-refractivity contribution in [1.82, 2.24) is 15.0 Å². The van der Waals surface area contributed by atoms with E-state index >= 15 is 0 Å². The highest BCUT2D eigenvalue weighted by atomic mass is 19.1. The molecule has 0 bridgehead atoms. The lowest BCUT2D eigenvalue weighted by Gasteiger charge is -2.24. The Morgan fingerprint density at radius 3 is 2.65 bits per heavy atom. The molecule has 0 aliphatic carbocycles. The number of aromatic nitrogens is 2. The first-order chi connectivity index (χ1) is 12.6. The Balaban J connectivity index is 1.67. The molecule has 0 aliphatic rings. The maximum atomic E-state index is 13.8. The molecule has 1 aromatic heterocycles. The number of para-hydroxylation sites is 1. The minimum Gasteiger partial charge on any atom is -0.496 e. The van der Waals surface area contributed by atoms with E-state index < -0.39 is 0 Å². The highest BCUT2D eigenvalue weighted by Gasteiger charge is 2.18. The van der Waals surface area contributed by atoms with Crippen molar-refractivity contribution in [2.45, 2.75) is 25.9 Å². The standard InChI is InChI=1S/C20H22FN3O2/c1-14(16-9-5-7-11-18(16)25-3)24(2)13-20-22-19(23-26-20)12-15-8-4-6-10-17(15)21/h4-11,14H,12-13H2,1-3H3/t14-/m0/s1. The molecule has 1 atom stereocenters. The number of hydrogen-bond donors (Lipinski definition) is 0. The van der Waals surface area contributed by atoms with E-state index in [2.05, 4.69) is 22.0 Å². The van der Waals surface area contributed by atoms with E-state index in [1.165, 1.54) is 6.07 Å². The molecule has 26 heavy (non-hydrogen) atoms. The molecular formula is C20H22FN3O2. The molecule has 0 N–H and O–H groups in total. The van der Waals surface area contributed by atoms with Crippen molar-refractivity contribution in [2.75, 3.05) is 14.2 Å². The van der Waals surface area contributed by atoms with Crippen molar-refractivity contribution in [2.24, 2.45) is 0 Å². The predicted octanol–water partition coefficient (Wildman–Crippen LogP) is 4.00. The molecule has 0 saturated carbocycles. The molecular weight excluding hydrogens is 333 g/mol. The summed E-state index contributed by atoms with van der Waals surface area (Å²) in [4.78, 5) is 6.48. The van der Waals surface area contributed by atoms with Crippen LogP contribution in [0.3, 0.4) is 0 Å². The molecule has 3 rings (SSSR count). The van der Waals surface area contributed by atoms with Gasteiger partial charge >= 0.3 is 0 Å². The molecule has 0 spiro atoms. The normalized spacial score (nSPS) is 12.3. The van der Waals surface area contributed by atoms with Gasteiger partial charge < -0.3 is 9.26 Å². The van der Waals surface area contributed by atoms with E-state index in [0.29, 0.717) is 30.2 Å². The van der Waals surface area contributed by atoms with Crippen LogP contribution in [0.15, 0.2) is 53.1 Å². The van der Waals surface area contributed by atoms with E-state index in [0.717, 1.165) is 11.3 Å². The molecule has 0 saturated heterocycles. The third kappa shape index (κ3) is 4.08. The lowest BCUT2D eigenvalue weighted by Crippen LogP contribution is -2.22. The Morgan fingerprint density at radius 2 is 1.88 bits per heavy atom. The summed E-state index contributed by atoms with van der Waals surface area (Å²) in [6, 6.07) is 14.6. The van der Waals surface area contributed by atoms with Crippen LogP contribution in [0.4, 0.5) is 4.39 Å². The van der Waals surface area contributed by atoms with Gasteiger partial charge in [-0.2, -0.15) is 4.98 Å². The van der Waals surface area contributed by atoms with Crippen LogP contribution in [0, 0.1) is 5.82 Å². The first-order valence-corrected chi connectivity index (χ1v) is 8.46. The van der Waals surface area contributed by atoms with Gasteiger partial charge in [-0.3, -0.25) is 4.90 Å². The van der Waals surface area contributed by atoms with Crippen LogP contribution in [0.1, 0.15) is 35.8 Å². The Hall–Kier alpha value is -2.73.